The molecule has 0 fully saturated rings. The van der Waals surface area contributed by atoms with Crippen LogP contribution in [0.3, 0.4) is 0 Å². The molecule has 0 radical (unpaired) electrons. The topological polar surface area (TPSA) is 66.8 Å². The van der Waals surface area contributed by atoms with Gasteiger partial charge in [0.05, 0.1) is 0 Å². The molecular formula is C30H26KO4P. The van der Waals surface area contributed by atoms with Gasteiger partial charge in [-0.15, -0.1) is 0 Å². The Hall–Kier alpha value is -2.31. The Bertz CT molecular complexity index is 1400. The van der Waals surface area contributed by atoms with Crippen molar-refractivity contribution in [3.63, 3.8) is 0 Å². The van der Waals surface area contributed by atoms with Gasteiger partial charge in [-0.3, -0.25) is 9.79 Å². The predicted molar refractivity (Wildman–Crippen MR) is 146 cm³/mol. The van der Waals surface area contributed by atoms with Crippen LogP contribution in [0.1, 0.15) is 34.8 Å². The van der Waals surface area contributed by atoms with Crippen LogP contribution in [0.15, 0.2) is 103 Å². The number of phosphoric acid groups is 1. The molecule has 4 aromatic rings. The smallest absolute Gasteiger partial charge is 1.00 e. The normalized spacial score (nSPS) is 11.7. The average molecular weight is 521 g/mol. The van der Waals surface area contributed by atoms with Gasteiger partial charge in [0, 0.05) is 5.56 Å². The fourth-order valence-electron chi connectivity index (χ4n) is 3.58. The SMILES string of the molecule is O=P(O)(O)Oc1ccc(/C=C/c2ccccc2)c(/C=C/c2ccccc2)c1/C=C/c1ccccc1.[H-].[K+]. The van der Waals surface area contributed by atoms with Gasteiger partial charge in [-0.25, -0.2) is 4.57 Å². The molecule has 0 atom stereocenters. The third-order valence-electron chi connectivity index (χ3n) is 5.24. The fraction of sp³-hybridized carbons (Fsp3) is 0. The van der Waals surface area contributed by atoms with Gasteiger partial charge in [0.2, 0.25) is 0 Å². The molecule has 0 aromatic heterocycles. The van der Waals surface area contributed by atoms with E-state index in [-0.39, 0.29) is 58.6 Å². The summed E-state index contributed by atoms with van der Waals surface area (Å²) in [4.78, 5) is 19.1. The predicted octanol–water partition coefficient (Wildman–Crippen LogP) is 4.79. The largest absolute Gasteiger partial charge is 1.00 e. The van der Waals surface area contributed by atoms with Crippen molar-refractivity contribution in [2.45, 2.75) is 0 Å². The van der Waals surface area contributed by atoms with Crippen molar-refractivity contribution in [2.75, 3.05) is 0 Å². The number of benzene rings is 4. The summed E-state index contributed by atoms with van der Waals surface area (Å²) in [5, 5.41) is 0. The van der Waals surface area contributed by atoms with E-state index in [0.29, 0.717) is 5.56 Å². The van der Waals surface area contributed by atoms with Crippen LogP contribution in [0, 0.1) is 0 Å². The van der Waals surface area contributed by atoms with Crippen LogP contribution in [0.4, 0.5) is 0 Å². The summed E-state index contributed by atoms with van der Waals surface area (Å²) in [6, 6.07) is 32.9. The molecule has 6 heteroatoms. The van der Waals surface area contributed by atoms with E-state index >= 15 is 0 Å². The first-order chi connectivity index (χ1) is 17.0. The Morgan fingerprint density at radius 2 is 0.972 bits per heavy atom. The van der Waals surface area contributed by atoms with Crippen molar-refractivity contribution in [1.82, 2.24) is 0 Å². The van der Waals surface area contributed by atoms with E-state index in [1.165, 1.54) is 0 Å². The first-order valence-electron chi connectivity index (χ1n) is 11.1. The molecule has 0 saturated carbocycles. The Kier molecular flexibility index (Phi) is 10.9. The Morgan fingerprint density at radius 1 is 0.556 bits per heavy atom. The maximum Gasteiger partial charge on any atom is 1.00 e. The minimum absolute atomic E-state index is 0. The van der Waals surface area contributed by atoms with Crippen molar-refractivity contribution in [3.8, 4) is 5.75 Å². The Morgan fingerprint density at radius 3 is 1.42 bits per heavy atom. The number of phosphoric ester groups is 1. The summed E-state index contributed by atoms with van der Waals surface area (Å²) in [6.45, 7) is 0. The van der Waals surface area contributed by atoms with Crippen LogP contribution >= 0.6 is 7.82 Å². The van der Waals surface area contributed by atoms with Gasteiger partial charge < -0.3 is 5.95 Å². The number of hydrogen-bond acceptors (Lipinski definition) is 2. The van der Waals surface area contributed by atoms with Crippen molar-refractivity contribution in [3.05, 3.63) is 137 Å². The van der Waals surface area contributed by atoms with Crippen LogP contribution in [-0.4, -0.2) is 9.79 Å². The van der Waals surface area contributed by atoms with Crippen molar-refractivity contribution < 1.29 is 71.7 Å². The molecule has 2 N–H and O–H groups in total. The molecule has 0 heterocycles. The quantitative estimate of drug-likeness (QED) is 0.199. The molecular weight excluding hydrogens is 494 g/mol. The molecule has 0 aliphatic heterocycles. The summed E-state index contributed by atoms with van der Waals surface area (Å²) in [7, 11) is -4.76. The first-order valence-corrected chi connectivity index (χ1v) is 12.6. The van der Waals surface area contributed by atoms with E-state index in [1.807, 2.05) is 127 Å². The van der Waals surface area contributed by atoms with Crippen LogP contribution in [0.25, 0.3) is 36.5 Å². The van der Waals surface area contributed by atoms with Crippen LogP contribution in [0.2, 0.25) is 0 Å². The second-order valence-corrected chi connectivity index (χ2v) is 8.96. The first kappa shape index (κ1) is 28.3. The fourth-order valence-corrected chi connectivity index (χ4v) is 4.00. The molecule has 176 valence electrons. The van der Waals surface area contributed by atoms with Crippen molar-refractivity contribution >= 4 is 44.3 Å². The molecule has 0 bridgehead atoms. The zero-order valence-electron chi connectivity index (χ0n) is 20.9. The molecule has 0 amide bonds. The number of rotatable bonds is 8. The third kappa shape index (κ3) is 8.66. The van der Waals surface area contributed by atoms with Crippen molar-refractivity contribution in [1.29, 1.82) is 0 Å². The molecule has 4 nitrogen and oxygen atoms in total. The minimum Gasteiger partial charge on any atom is -1.00 e. The summed E-state index contributed by atoms with van der Waals surface area (Å²) in [6.07, 6.45) is 11.6. The van der Waals surface area contributed by atoms with Gasteiger partial charge >= 0.3 is 59.2 Å². The molecule has 0 saturated heterocycles. The van der Waals surface area contributed by atoms with E-state index in [1.54, 1.807) is 12.1 Å². The van der Waals surface area contributed by atoms with Crippen LogP contribution < -0.4 is 55.9 Å². The van der Waals surface area contributed by atoms with Crippen LogP contribution in [-0.2, 0) is 4.57 Å². The molecule has 4 aromatic carbocycles. The molecule has 0 unspecified atom stereocenters. The molecule has 4 rings (SSSR count). The van der Waals surface area contributed by atoms with Crippen molar-refractivity contribution in [2.24, 2.45) is 0 Å². The Labute approximate surface area is 255 Å². The Balaban J connectivity index is 0.00000241. The van der Waals surface area contributed by atoms with Gasteiger partial charge in [0.15, 0.2) is 0 Å². The summed E-state index contributed by atoms with van der Waals surface area (Å²) < 4.78 is 16.8. The van der Waals surface area contributed by atoms with Crippen LogP contribution in [0.5, 0.6) is 5.75 Å². The van der Waals surface area contributed by atoms with Gasteiger partial charge in [0.1, 0.15) is 5.75 Å². The van der Waals surface area contributed by atoms with E-state index in [9.17, 15) is 14.4 Å². The van der Waals surface area contributed by atoms with E-state index in [0.717, 1.165) is 27.8 Å². The standard InChI is InChI=1S/C30H25O4P.K.H/c31-35(32,33)34-30-23-20-27(19-16-24-10-4-1-5-11-24)28(21-17-25-12-6-2-7-13-25)29(30)22-18-26-14-8-3-9-15-26;;/h1-23H,(H2,31,32,33);;/q;+1;-1/b19-16+,21-17+,22-18+;;. The third-order valence-corrected chi connectivity index (χ3v) is 5.67. The van der Waals surface area contributed by atoms with E-state index in [2.05, 4.69) is 0 Å². The maximum atomic E-state index is 11.7. The monoisotopic (exact) mass is 520 g/mol. The average Bonchev–Trinajstić information content (AvgIpc) is 2.87. The molecule has 36 heavy (non-hydrogen) atoms. The zero-order valence-corrected chi connectivity index (χ0v) is 24.0. The second kappa shape index (κ2) is 13.8. The van der Waals surface area contributed by atoms with E-state index < -0.39 is 7.82 Å². The summed E-state index contributed by atoms with van der Waals surface area (Å²) >= 11 is 0. The molecule has 0 aliphatic carbocycles. The van der Waals surface area contributed by atoms with Gasteiger partial charge in [-0.2, -0.15) is 0 Å². The minimum atomic E-state index is -4.76. The van der Waals surface area contributed by atoms with Gasteiger partial charge in [-0.1, -0.05) is 134 Å². The zero-order chi connectivity index (χ0) is 24.5. The number of hydrogen-bond donors (Lipinski definition) is 2. The van der Waals surface area contributed by atoms with E-state index in [4.69, 9.17) is 4.52 Å². The molecule has 0 aliphatic rings. The summed E-state index contributed by atoms with van der Waals surface area (Å²) in [5.41, 5.74) is 5.23. The molecule has 0 spiro atoms. The second-order valence-electron chi connectivity index (χ2n) is 7.79. The summed E-state index contributed by atoms with van der Waals surface area (Å²) in [5.74, 6) is 0.107. The van der Waals surface area contributed by atoms with Gasteiger partial charge in [0.25, 0.3) is 0 Å². The maximum absolute atomic E-state index is 11.7. The van der Waals surface area contributed by atoms with Gasteiger partial charge in [-0.05, 0) is 33.9 Å².